The first-order valence-electron chi connectivity index (χ1n) is 10.6. The van der Waals surface area contributed by atoms with Gasteiger partial charge >= 0.3 is 0 Å². The average molecular weight is 407 g/mol. The molecule has 0 aromatic rings. The molecule has 2 saturated heterocycles. The van der Waals surface area contributed by atoms with E-state index in [0.29, 0.717) is 38.9 Å². The summed E-state index contributed by atoms with van der Waals surface area (Å²) in [6.07, 6.45) is 0.737. The summed E-state index contributed by atoms with van der Waals surface area (Å²) in [5, 5.41) is 0. The van der Waals surface area contributed by atoms with Crippen molar-refractivity contribution in [1.29, 1.82) is 0 Å². The van der Waals surface area contributed by atoms with Gasteiger partial charge in [-0.3, -0.25) is 9.47 Å². The maximum atomic E-state index is 6.01. The second kappa shape index (κ2) is 10.6. The van der Waals surface area contributed by atoms with Crippen molar-refractivity contribution in [2.45, 2.75) is 117 Å². The smallest absolute Gasteiger partial charge is 0.285 e. The highest BCUT2D eigenvalue weighted by atomic mass is 16.9. The monoisotopic (exact) mass is 406 g/mol. The zero-order valence-electron chi connectivity index (χ0n) is 18.4. The van der Waals surface area contributed by atoms with Gasteiger partial charge in [0.05, 0.1) is 25.4 Å². The molecule has 6 unspecified atom stereocenters. The van der Waals surface area contributed by atoms with Gasteiger partial charge in [0.2, 0.25) is 0 Å². The molecule has 2 fully saturated rings. The number of hydrogen-bond donors (Lipinski definition) is 0. The molecule has 2 rings (SSSR count). The van der Waals surface area contributed by atoms with Crippen molar-refractivity contribution in [1.82, 2.24) is 0 Å². The molecule has 0 aromatic heterocycles. The molecule has 0 saturated carbocycles. The third kappa shape index (κ3) is 6.34. The van der Waals surface area contributed by atoms with Gasteiger partial charge in [0, 0.05) is 12.8 Å². The van der Waals surface area contributed by atoms with Gasteiger partial charge in [-0.25, -0.2) is 0 Å². The summed E-state index contributed by atoms with van der Waals surface area (Å²) in [5.41, 5.74) is 0. The Hall–Kier alpha value is -0.320. The molecule has 0 spiro atoms. The third-order valence-corrected chi connectivity index (χ3v) is 4.68. The molecule has 2 heterocycles. The summed E-state index contributed by atoms with van der Waals surface area (Å²) in [5.74, 6) is -2.12. The van der Waals surface area contributed by atoms with Crippen molar-refractivity contribution >= 4 is 0 Å². The molecule has 0 amide bonds. The maximum Gasteiger partial charge on any atom is 0.285 e. The Bertz CT molecular complexity index is 423. The van der Waals surface area contributed by atoms with Crippen LogP contribution in [0.4, 0.5) is 0 Å². The van der Waals surface area contributed by atoms with E-state index in [1.54, 1.807) is 0 Å². The van der Waals surface area contributed by atoms with Gasteiger partial charge in [-0.1, -0.05) is 27.7 Å². The first-order valence-corrected chi connectivity index (χ1v) is 10.6. The number of ether oxygens (including phenoxy) is 8. The Morgan fingerprint density at radius 2 is 1.18 bits per heavy atom. The van der Waals surface area contributed by atoms with Gasteiger partial charge in [0.25, 0.3) is 11.9 Å². The van der Waals surface area contributed by atoms with Crippen molar-refractivity contribution in [3.8, 4) is 0 Å². The molecule has 6 atom stereocenters. The van der Waals surface area contributed by atoms with E-state index < -0.39 is 30.8 Å². The Labute approximate surface area is 169 Å². The van der Waals surface area contributed by atoms with E-state index in [1.165, 1.54) is 0 Å². The van der Waals surface area contributed by atoms with Gasteiger partial charge in [-0.2, -0.15) is 0 Å². The SMILES string of the molecule is CCC(OC(C)OC(CC)OC1(CC)OCC(C)O1)OC1(CC)OCC(C)O1. The van der Waals surface area contributed by atoms with Crippen LogP contribution in [0.2, 0.25) is 0 Å². The van der Waals surface area contributed by atoms with Crippen LogP contribution in [-0.4, -0.2) is 56.2 Å². The molecule has 0 aliphatic carbocycles. The van der Waals surface area contributed by atoms with Crippen LogP contribution in [-0.2, 0) is 37.9 Å². The Morgan fingerprint density at radius 3 is 1.43 bits per heavy atom. The molecule has 166 valence electrons. The normalized spacial score (nSPS) is 36.5. The van der Waals surface area contributed by atoms with Crippen LogP contribution < -0.4 is 0 Å². The van der Waals surface area contributed by atoms with Crippen LogP contribution in [0.25, 0.3) is 0 Å². The average Bonchev–Trinajstić information content (AvgIpc) is 3.24. The predicted molar refractivity (Wildman–Crippen MR) is 101 cm³/mol. The van der Waals surface area contributed by atoms with Crippen molar-refractivity contribution in [2.75, 3.05) is 13.2 Å². The van der Waals surface area contributed by atoms with Gasteiger partial charge in [0.15, 0.2) is 18.9 Å². The molecule has 0 radical (unpaired) electrons. The summed E-state index contributed by atoms with van der Waals surface area (Å²) in [6, 6.07) is 0. The highest BCUT2D eigenvalue weighted by Crippen LogP contribution is 2.32. The van der Waals surface area contributed by atoms with E-state index in [-0.39, 0.29) is 12.2 Å². The van der Waals surface area contributed by atoms with Crippen LogP contribution in [0.5, 0.6) is 0 Å². The molecule has 0 N–H and O–H groups in total. The minimum atomic E-state index is -1.06. The fourth-order valence-electron chi connectivity index (χ4n) is 3.17. The standard InChI is InChI=1S/C20H38O8/c1-8-17(27-19(10-3)21-12-14(5)25-19)23-16(7)24-18(9-2)28-20(11-4)22-13-15(6)26-20/h14-18H,8-13H2,1-7H3. The quantitative estimate of drug-likeness (QED) is 0.452. The molecule has 28 heavy (non-hydrogen) atoms. The van der Waals surface area contributed by atoms with Crippen LogP contribution >= 0.6 is 0 Å². The maximum absolute atomic E-state index is 6.01. The van der Waals surface area contributed by atoms with E-state index >= 15 is 0 Å². The molecular formula is C20H38O8. The first kappa shape index (κ1) is 24.0. The van der Waals surface area contributed by atoms with E-state index in [0.717, 1.165) is 0 Å². The van der Waals surface area contributed by atoms with E-state index in [9.17, 15) is 0 Å². The Kier molecular flexibility index (Phi) is 9.10. The second-order valence-electron chi connectivity index (χ2n) is 7.30. The lowest BCUT2D eigenvalue weighted by Crippen LogP contribution is -2.42. The van der Waals surface area contributed by atoms with E-state index in [1.807, 2.05) is 48.5 Å². The topological polar surface area (TPSA) is 73.8 Å². The Balaban J connectivity index is 1.88. The zero-order valence-corrected chi connectivity index (χ0v) is 18.4. The van der Waals surface area contributed by atoms with Crippen molar-refractivity contribution in [2.24, 2.45) is 0 Å². The zero-order chi connectivity index (χ0) is 20.8. The van der Waals surface area contributed by atoms with Gasteiger partial charge in [-0.15, -0.1) is 0 Å². The molecule has 0 aromatic carbocycles. The lowest BCUT2D eigenvalue weighted by atomic mass is 10.4. The molecule has 2 aliphatic heterocycles. The molecule has 8 heteroatoms. The van der Waals surface area contributed by atoms with E-state index in [2.05, 4.69) is 0 Å². The van der Waals surface area contributed by atoms with Gasteiger partial charge in [-0.05, 0) is 33.6 Å². The van der Waals surface area contributed by atoms with Gasteiger partial charge in [0.1, 0.15) is 0 Å². The summed E-state index contributed by atoms with van der Waals surface area (Å²) < 4.78 is 47.0. The summed E-state index contributed by atoms with van der Waals surface area (Å²) in [4.78, 5) is 0. The Morgan fingerprint density at radius 1 is 0.786 bits per heavy atom. The minimum Gasteiger partial charge on any atom is -0.325 e. The van der Waals surface area contributed by atoms with Crippen molar-refractivity contribution in [3.05, 3.63) is 0 Å². The van der Waals surface area contributed by atoms with Crippen LogP contribution in [0.3, 0.4) is 0 Å². The fourth-order valence-corrected chi connectivity index (χ4v) is 3.17. The number of rotatable bonds is 12. The molecule has 0 bridgehead atoms. The van der Waals surface area contributed by atoms with Crippen molar-refractivity contribution in [3.63, 3.8) is 0 Å². The lowest BCUT2D eigenvalue weighted by molar-refractivity contribution is -0.422. The second-order valence-corrected chi connectivity index (χ2v) is 7.30. The summed E-state index contributed by atoms with van der Waals surface area (Å²) in [7, 11) is 0. The molecule has 2 aliphatic rings. The molecule has 8 nitrogen and oxygen atoms in total. The van der Waals surface area contributed by atoms with Gasteiger partial charge < -0.3 is 28.4 Å². The van der Waals surface area contributed by atoms with Crippen LogP contribution in [0.1, 0.15) is 74.1 Å². The third-order valence-electron chi connectivity index (χ3n) is 4.68. The highest BCUT2D eigenvalue weighted by molar-refractivity contribution is 4.69. The minimum absolute atomic E-state index is 0.0111. The van der Waals surface area contributed by atoms with Crippen LogP contribution in [0, 0.1) is 0 Å². The first-order chi connectivity index (χ1) is 13.3. The van der Waals surface area contributed by atoms with E-state index in [4.69, 9.17) is 37.9 Å². The lowest BCUT2D eigenvalue weighted by Gasteiger charge is -2.34. The highest BCUT2D eigenvalue weighted by Gasteiger charge is 2.43. The summed E-state index contributed by atoms with van der Waals surface area (Å²) >= 11 is 0. The predicted octanol–water partition coefficient (Wildman–Crippen LogP) is 3.87. The van der Waals surface area contributed by atoms with Crippen LogP contribution in [0.15, 0.2) is 0 Å². The summed E-state index contributed by atoms with van der Waals surface area (Å²) in [6.45, 7) is 14.6. The van der Waals surface area contributed by atoms with Crippen molar-refractivity contribution < 1.29 is 37.9 Å². The largest absolute Gasteiger partial charge is 0.325 e. The fraction of sp³-hybridized carbons (Fsp3) is 1.00. The molecular weight excluding hydrogens is 368 g/mol. The number of hydrogen-bond acceptors (Lipinski definition) is 8.